The number of aliphatic hydroxyl groups is 2. The maximum atomic E-state index is 13.8. The zero-order chi connectivity index (χ0) is 48.5. The highest BCUT2D eigenvalue weighted by molar-refractivity contribution is 6.34. The lowest BCUT2D eigenvalue weighted by Gasteiger charge is -2.38. The summed E-state index contributed by atoms with van der Waals surface area (Å²) in [5.74, 6) is -0.678. The van der Waals surface area contributed by atoms with Gasteiger partial charge in [-0.05, 0) is 68.7 Å². The summed E-state index contributed by atoms with van der Waals surface area (Å²) < 4.78 is 55.9. The molecule has 2 aliphatic rings. The van der Waals surface area contributed by atoms with Gasteiger partial charge in [-0.2, -0.15) is 0 Å². The number of aromatic amines is 1. The average molecular weight is 957 g/mol. The van der Waals surface area contributed by atoms with Crippen molar-refractivity contribution in [2.45, 2.75) is 65.5 Å². The smallest absolute Gasteiger partial charge is 0.453 e. The number of aryl methyl sites for hydroxylation is 1. The molecule has 2 aliphatic heterocycles. The van der Waals surface area contributed by atoms with E-state index in [1.54, 1.807) is 49.1 Å². The van der Waals surface area contributed by atoms with E-state index in [1.807, 2.05) is 11.8 Å². The summed E-state index contributed by atoms with van der Waals surface area (Å²) in [5.41, 5.74) is 0.840. The molecule has 362 valence electrons. The van der Waals surface area contributed by atoms with Crippen molar-refractivity contribution < 1.29 is 56.8 Å². The minimum Gasteiger partial charge on any atom is -0.453 e. The number of nitrogens with zero attached hydrogens (tertiary/aromatic N) is 4. The summed E-state index contributed by atoms with van der Waals surface area (Å²) >= 11 is 6.58. The molecule has 2 atom stereocenters. The number of alkyl halides is 3. The Morgan fingerprint density at radius 2 is 1.69 bits per heavy atom. The maximum absolute atomic E-state index is 13.8. The van der Waals surface area contributed by atoms with Crippen molar-refractivity contribution in [3.63, 3.8) is 0 Å². The average Bonchev–Trinajstić information content (AvgIpc) is 3.75. The highest BCUT2D eigenvalue weighted by Gasteiger charge is 2.35. The molecule has 67 heavy (non-hydrogen) atoms. The monoisotopic (exact) mass is 956 g/mol. The van der Waals surface area contributed by atoms with Gasteiger partial charge in [-0.1, -0.05) is 42.8 Å². The number of methoxy groups -OCH3 is 1. The molecule has 4 aromatic rings. The number of rotatable bonds is 17. The van der Waals surface area contributed by atoms with E-state index < -0.39 is 35.6 Å². The molecule has 2 aromatic carbocycles. The Kier molecular flexibility index (Phi) is 16.7. The molecule has 6 rings (SSSR count). The number of carbonyl (C=O) groups excluding carboxylic acids is 4. The van der Waals surface area contributed by atoms with Gasteiger partial charge in [-0.25, -0.2) is 14.8 Å². The number of benzene rings is 2. The normalized spacial score (nSPS) is 15.7. The predicted molar refractivity (Wildman–Crippen MR) is 242 cm³/mol. The van der Waals surface area contributed by atoms with Crippen LogP contribution in [0.25, 0.3) is 22.4 Å². The van der Waals surface area contributed by atoms with Crippen LogP contribution in [0, 0.1) is 17.3 Å². The zero-order valence-electron chi connectivity index (χ0n) is 37.7. The van der Waals surface area contributed by atoms with Crippen LogP contribution < -0.4 is 25.6 Å². The van der Waals surface area contributed by atoms with Gasteiger partial charge in [0.1, 0.15) is 23.4 Å². The molecule has 17 nitrogen and oxygen atoms in total. The Morgan fingerprint density at radius 1 is 1.00 bits per heavy atom. The van der Waals surface area contributed by atoms with Crippen LogP contribution >= 0.6 is 11.6 Å². The van der Waals surface area contributed by atoms with Crippen LogP contribution in [0.1, 0.15) is 61.9 Å². The molecule has 0 radical (unpaired) electrons. The minimum absolute atomic E-state index is 0.00838. The van der Waals surface area contributed by atoms with Crippen molar-refractivity contribution in [3.8, 4) is 28.1 Å². The number of hydrogen-bond acceptors (Lipinski definition) is 12. The quantitative estimate of drug-likeness (QED) is 0.0725. The third-order valence-electron chi connectivity index (χ3n) is 11.9. The first kappa shape index (κ1) is 50.5. The number of ether oxygens (including phenoxy) is 3. The number of aliphatic hydroxyl groups excluding tert-OH is 2. The van der Waals surface area contributed by atoms with Gasteiger partial charge in [-0.15, -0.1) is 13.2 Å². The molecule has 0 spiro atoms. The van der Waals surface area contributed by atoms with Crippen molar-refractivity contribution in [2.24, 2.45) is 17.3 Å². The van der Waals surface area contributed by atoms with Gasteiger partial charge in [0.2, 0.25) is 11.8 Å². The van der Waals surface area contributed by atoms with Crippen molar-refractivity contribution >= 4 is 46.9 Å². The van der Waals surface area contributed by atoms with Gasteiger partial charge in [0.25, 0.3) is 5.91 Å². The lowest BCUT2D eigenvalue weighted by atomic mass is 9.91. The van der Waals surface area contributed by atoms with E-state index in [1.165, 1.54) is 25.4 Å². The van der Waals surface area contributed by atoms with Crippen molar-refractivity contribution in [3.05, 3.63) is 76.8 Å². The number of H-pyrrole nitrogens is 1. The van der Waals surface area contributed by atoms with Gasteiger partial charge >= 0.3 is 12.5 Å². The Bertz CT molecular complexity index is 2350. The van der Waals surface area contributed by atoms with Gasteiger partial charge in [0, 0.05) is 75.7 Å². The van der Waals surface area contributed by atoms with E-state index in [9.17, 15) is 42.6 Å². The number of anilines is 2. The molecule has 0 bridgehead atoms. The summed E-state index contributed by atoms with van der Waals surface area (Å²) in [7, 11) is 1.24. The second-order valence-electron chi connectivity index (χ2n) is 17.3. The number of imidazole rings is 1. The van der Waals surface area contributed by atoms with Gasteiger partial charge in [0.15, 0.2) is 0 Å². The van der Waals surface area contributed by atoms with Crippen LogP contribution in [-0.2, 0) is 32.1 Å². The molecule has 0 saturated carbocycles. The number of nitrogens with one attached hydrogen (secondary N) is 4. The second-order valence-corrected chi connectivity index (χ2v) is 17.7. The first-order valence-corrected chi connectivity index (χ1v) is 22.3. The van der Waals surface area contributed by atoms with Gasteiger partial charge in [0.05, 0.1) is 53.4 Å². The van der Waals surface area contributed by atoms with E-state index >= 15 is 0 Å². The van der Waals surface area contributed by atoms with Crippen molar-refractivity contribution in [1.82, 2.24) is 30.5 Å². The fraction of sp³-hybridized carbons (Fsp3) is 0.478. The van der Waals surface area contributed by atoms with Crippen LogP contribution in [-0.4, -0.2) is 126 Å². The summed E-state index contributed by atoms with van der Waals surface area (Å²) in [6.07, 6.45) is -2.10. The molecule has 4 amide bonds. The summed E-state index contributed by atoms with van der Waals surface area (Å²) in [4.78, 5) is 67.1. The highest BCUT2D eigenvalue weighted by Crippen LogP contribution is 2.41. The minimum atomic E-state index is -5.09. The van der Waals surface area contributed by atoms with Crippen molar-refractivity contribution in [2.75, 3.05) is 69.9 Å². The first-order valence-electron chi connectivity index (χ1n) is 21.9. The standard InChI is InChI=1S/C46H56ClF3N8O9/c1-27(23-52-42(62)40(56-44(64)65-4)30-13-19-66-20-14-30)5-11-37-53-35(25-59)39(55-37)29-8-6-28(7-9-29)32-21-33(47)34(22-36(32)67-46(48,49)50)54-41(61)31-10-12-38(51-24-31)57-15-17-58(18-16-57)43(63)45(2,3)26-60/h6-10,12,21-22,24,27,30,40,59-60H,5,11,13-20,23,25-26H2,1-4H3,(H,52,62)(H,53,55)(H,54,61)(H,56,64). The number of hydrogen-bond donors (Lipinski definition) is 6. The fourth-order valence-electron chi connectivity index (χ4n) is 7.87. The largest absolute Gasteiger partial charge is 0.573 e. The van der Waals surface area contributed by atoms with Crippen LogP contribution in [0.2, 0.25) is 5.02 Å². The number of halogens is 4. The third-order valence-corrected chi connectivity index (χ3v) is 12.2. The first-order chi connectivity index (χ1) is 31.9. The lowest BCUT2D eigenvalue weighted by Crippen LogP contribution is -2.53. The topological polar surface area (TPSA) is 221 Å². The Morgan fingerprint density at radius 3 is 2.30 bits per heavy atom. The maximum Gasteiger partial charge on any atom is 0.573 e. The molecule has 4 heterocycles. The summed E-state index contributed by atoms with van der Waals surface area (Å²) in [6, 6.07) is 11.1. The summed E-state index contributed by atoms with van der Waals surface area (Å²) in [6.45, 7) is 7.85. The van der Waals surface area contributed by atoms with Crippen molar-refractivity contribution in [1.29, 1.82) is 0 Å². The lowest BCUT2D eigenvalue weighted by molar-refractivity contribution is -0.274. The van der Waals surface area contributed by atoms with Crippen LogP contribution in [0.3, 0.4) is 0 Å². The highest BCUT2D eigenvalue weighted by atomic mass is 35.5. The number of alkyl carbamates (subject to hydrolysis) is 1. The van der Waals surface area contributed by atoms with Crippen LogP contribution in [0.5, 0.6) is 5.75 Å². The second kappa shape index (κ2) is 22.2. The Balaban J connectivity index is 1.09. The molecule has 2 fully saturated rings. The van der Waals surface area contributed by atoms with E-state index in [0.717, 1.165) is 6.07 Å². The molecule has 2 unspecified atom stereocenters. The van der Waals surface area contributed by atoms with Crippen LogP contribution in [0.15, 0.2) is 54.7 Å². The molecule has 2 aromatic heterocycles. The van der Waals surface area contributed by atoms with Crippen LogP contribution in [0.4, 0.5) is 29.5 Å². The molecular weight excluding hydrogens is 901 g/mol. The Labute approximate surface area is 390 Å². The Hall–Kier alpha value is -5.96. The number of amides is 4. The molecule has 6 N–H and O–H groups in total. The van der Waals surface area contributed by atoms with E-state index in [0.29, 0.717) is 106 Å². The molecule has 0 aliphatic carbocycles. The SMILES string of the molecule is COC(=O)NC(C(=O)NCC(C)CCc1nc(-c2ccc(-c3cc(Cl)c(NC(=O)c4ccc(N5CCN(C(=O)C(C)(C)CO)CC5)nc4)cc3OC(F)(F)F)cc2)c(CO)[nH]1)C1CCOCC1. The number of carbonyl (C=O) groups is 4. The number of aromatic nitrogens is 3. The van der Waals surface area contributed by atoms with E-state index in [4.69, 9.17) is 26.1 Å². The predicted octanol–water partition coefficient (Wildman–Crippen LogP) is 5.94. The van der Waals surface area contributed by atoms with E-state index in [-0.39, 0.29) is 58.7 Å². The molecular formula is C46H56ClF3N8O9. The van der Waals surface area contributed by atoms with Gasteiger partial charge in [-0.3, -0.25) is 14.4 Å². The number of piperazine rings is 1. The summed E-state index contributed by atoms with van der Waals surface area (Å²) in [5, 5.41) is 27.8. The van der Waals surface area contributed by atoms with E-state index in [2.05, 4.69) is 30.7 Å². The number of pyridine rings is 1. The van der Waals surface area contributed by atoms with Gasteiger partial charge < -0.3 is 55.2 Å². The molecule has 21 heteroatoms. The molecule has 2 saturated heterocycles. The fourth-order valence-corrected chi connectivity index (χ4v) is 8.08. The zero-order valence-corrected chi connectivity index (χ0v) is 38.4. The third kappa shape index (κ3) is 13.1.